The molecule has 17 aromatic carbocycles. The quantitative estimate of drug-likeness (QED) is 0.137. The van der Waals surface area contributed by atoms with Gasteiger partial charge < -0.3 is 23.1 Å². The van der Waals surface area contributed by atoms with Gasteiger partial charge >= 0.3 is 0 Å². The van der Waals surface area contributed by atoms with Gasteiger partial charge in [-0.05, 0) is 208 Å². The molecule has 0 saturated heterocycles. The maximum atomic E-state index is 7.42. The molecule has 3 aromatic heterocycles. The van der Waals surface area contributed by atoms with Gasteiger partial charge in [-0.3, -0.25) is 0 Å². The lowest BCUT2D eigenvalue weighted by molar-refractivity contribution is 0.628. The molecule has 5 heteroatoms. The molecule has 2 spiro atoms. The first-order valence-corrected chi connectivity index (χ1v) is 40.3. The highest BCUT2D eigenvalue weighted by molar-refractivity contribution is 6.12. The third kappa shape index (κ3) is 8.83. The van der Waals surface area contributed by atoms with Gasteiger partial charge in [0.2, 0.25) is 0 Å². The van der Waals surface area contributed by atoms with Crippen molar-refractivity contribution in [3.05, 3.63) is 444 Å². The van der Waals surface area contributed by atoms with E-state index in [4.69, 9.17) is 13.3 Å². The fourth-order valence-electron chi connectivity index (χ4n) is 21.4. The first kappa shape index (κ1) is 64.8. The molecule has 0 amide bonds. The van der Waals surface area contributed by atoms with E-state index < -0.39 is 10.8 Å². The summed E-state index contributed by atoms with van der Waals surface area (Å²) in [5.41, 5.74) is 39.7. The molecule has 116 heavy (non-hydrogen) atoms. The van der Waals surface area contributed by atoms with E-state index in [1.54, 1.807) is 0 Å². The number of fused-ring (bicyclic) bond motifs is 30. The van der Waals surface area contributed by atoms with Gasteiger partial charge in [0, 0.05) is 95.0 Å². The maximum Gasteiger partial charge on any atom is 0.143 e. The molecule has 0 bridgehead atoms. The Morgan fingerprint density at radius 1 is 0.207 bits per heavy atom. The van der Waals surface area contributed by atoms with Crippen LogP contribution < -0.4 is 9.80 Å². The van der Waals surface area contributed by atoms with Crippen LogP contribution in [0, 0.1) is 0 Å². The fraction of sp³-hybridized carbons (Fsp3) is 0.0450. The number of furan rings is 3. The van der Waals surface area contributed by atoms with Gasteiger partial charge in [-0.25, -0.2) is 0 Å². The topological polar surface area (TPSA) is 45.9 Å². The zero-order chi connectivity index (χ0) is 76.3. The molecule has 542 valence electrons. The zero-order valence-corrected chi connectivity index (χ0v) is 63.6. The summed E-state index contributed by atoms with van der Waals surface area (Å²) in [6, 6.07) is 143. The summed E-state index contributed by atoms with van der Waals surface area (Å²) in [6.07, 6.45) is 0. The minimum Gasteiger partial charge on any atom is -0.456 e. The second-order valence-electron chi connectivity index (χ2n) is 32.4. The highest BCUT2D eigenvalue weighted by Crippen LogP contribution is 2.68. The standard InChI is InChI=1S/C111H70N2O3/c1-109(2)92-39-15-9-30-81(92)85-60-56-77(65-98(85)109)113(75-52-46-68(47-53-75)67-24-5-3-6-25-67)76-29-21-26-70(62-76)71-50-58-86-84-33-12-18-42-95(84)111(99(86)63-71)96-43-19-13-34-89(96)107-104(111)91-59-51-72(64-101(91)116-107)80-37-22-38-88-87-61-57-78(66-102(87)115-106(80)88)112(73-27-7-4-8-28-73)74-54-48-69(49-55-74)79-36-23-44-97-103(79)108-105(90-35-14-20-45-100(90)114-108)110(97)93-40-16-10-31-82(93)83-32-11-17-41-94(83)110/h3-66H,1-2H3. The van der Waals surface area contributed by atoms with Crippen molar-refractivity contribution in [1.82, 2.24) is 0 Å². The van der Waals surface area contributed by atoms with Crippen molar-refractivity contribution in [2.75, 3.05) is 9.80 Å². The number of rotatable bonds is 10. The van der Waals surface area contributed by atoms with Gasteiger partial charge in [-0.15, -0.1) is 0 Å². The van der Waals surface area contributed by atoms with Crippen LogP contribution >= 0.6 is 0 Å². The Morgan fingerprint density at radius 2 is 0.621 bits per heavy atom. The molecule has 3 heterocycles. The monoisotopic (exact) mass is 1480 g/mol. The van der Waals surface area contributed by atoms with Gasteiger partial charge in [0.25, 0.3) is 0 Å². The van der Waals surface area contributed by atoms with Crippen molar-refractivity contribution >= 4 is 78.0 Å². The van der Waals surface area contributed by atoms with E-state index >= 15 is 0 Å². The number of anilines is 6. The Bertz CT molecular complexity index is 7520. The van der Waals surface area contributed by atoms with Crippen LogP contribution in [0.15, 0.2) is 401 Å². The summed E-state index contributed by atoms with van der Waals surface area (Å²) in [4.78, 5) is 4.77. The molecular weight excluding hydrogens is 1410 g/mol. The second-order valence-corrected chi connectivity index (χ2v) is 32.4. The van der Waals surface area contributed by atoms with E-state index in [9.17, 15) is 0 Å². The molecule has 1 atom stereocenters. The third-order valence-electron chi connectivity index (χ3n) is 26.3. The van der Waals surface area contributed by atoms with Gasteiger partial charge in [0.1, 0.15) is 33.9 Å². The molecular formula is C111H70N2O3. The minimum atomic E-state index is -0.685. The average Bonchev–Trinajstić information content (AvgIpc) is 1.50. The highest BCUT2D eigenvalue weighted by atomic mass is 16.3. The third-order valence-corrected chi connectivity index (χ3v) is 26.3. The lowest BCUT2D eigenvalue weighted by Gasteiger charge is -2.30. The largest absolute Gasteiger partial charge is 0.456 e. The van der Waals surface area contributed by atoms with Crippen molar-refractivity contribution in [3.8, 4) is 101 Å². The first-order valence-electron chi connectivity index (χ1n) is 40.3. The van der Waals surface area contributed by atoms with Crippen LogP contribution in [-0.4, -0.2) is 0 Å². The molecule has 5 aliphatic rings. The number of nitrogens with zero attached hydrogens (tertiary/aromatic N) is 2. The number of hydrogen-bond donors (Lipinski definition) is 0. The van der Waals surface area contributed by atoms with Crippen LogP contribution in [0.1, 0.15) is 69.5 Å². The SMILES string of the molecule is CC1(C)c2ccccc2-c2ccc(N(c3ccc(-c4ccccc4)cc3)c3cccc(-c4ccc5c(c4)C4(c6ccccc6-5)c5ccccc5-c5oc6cc(-c7cccc8c7oc7cc(N(c9ccccc9)c9ccc(-c%10cccc%11c%10-c%10oc%12ccccc%12c%10C%11%10c%11ccccc%11-c%11ccccc%11%10)cc9)ccc78)ccc6c54)c3)cc21. The first-order chi connectivity index (χ1) is 57.3. The van der Waals surface area contributed by atoms with Crippen molar-refractivity contribution in [2.45, 2.75) is 30.1 Å². The van der Waals surface area contributed by atoms with Crippen LogP contribution in [0.25, 0.3) is 144 Å². The summed E-state index contributed by atoms with van der Waals surface area (Å²) in [7, 11) is 0. The Balaban J connectivity index is 0.579. The molecule has 1 unspecified atom stereocenters. The number of para-hydroxylation sites is 3. The Hall–Kier alpha value is -14.8. The Kier molecular flexibility index (Phi) is 13.5. The smallest absolute Gasteiger partial charge is 0.143 e. The molecule has 5 nitrogen and oxygen atoms in total. The van der Waals surface area contributed by atoms with Gasteiger partial charge in [-0.1, -0.05) is 305 Å². The van der Waals surface area contributed by atoms with Gasteiger partial charge in [0.05, 0.1) is 10.8 Å². The molecule has 0 aliphatic heterocycles. The predicted octanol–water partition coefficient (Wildman–Crippen LogP) is 29.7. The van der Waals surface area contributed by atoms with Gasteiger partial charge in [-0.2, -0.15) is 0 Å². The van der Waals surface area contributed by atoms with Crippen LogP contribution in [0.4, 0.5) is 34.1 Å². The number of benzene rings is 17. The van der Waals surface area contributed by atoms with Crippen LogP contribution in [0.5, 0.6) is 0 Å². The number of hydrogen-bond acceptors (Lipinski definition) is 5. The van der Waals surface area contributed by atoms with Crippen LogP contribution in [0.3, 0.4) is 0 Å². The van der Waals surface area contributed by atoms with Crippen LogP contribution in [0.2, 0.25) is 0 Å². The van der Waals surface area contributed by atoms with E-state index in [-0.39, 0.29) is 5.41 Å². The normalized spacial score (nSPS) is 14.8. The fourth-order valence-corrected chi connectivity index (χ4v) is 21.4. The molecule has 0 N–H and O–H groups in total. The minimum absolute atomic E-state index is 0.171. The summed E-state index contributed by atoms with van der Waals surface area (Å²) < 4.78 is 21.7. The molecule has 0 radical (unpaired) electrons. The molecule has 25 rings (SSSR count). The van der Waals surface area contributed by atoms with E-state index in [0.29, 0.717) is 0 Å². The summed E-state index contributed by atoms with van der Waals surface area (Å²) in [5, 5.41) is 4.33. The second kappa shape index (κ2) is 24.1. The van der Waals surface area contributed by atoms with Crippen molar-refractivity contribution in [2.24, 2.45) is 0 Å². The van der Waals surface area contributed by atoms with E-state index in [2.05, 4.69) is 412 Å². The van der Waals surface area contributed by atoms with E-state index in [1.165, 1.54) is 100 Å². The zero-order valence-electron chi connectivity index (χ0n) is 63.6. The lowest BCUT2D eigenvalue weighted by Crippen LogP contribution is -2.25. The molecule has 20 aromatic rings. The molecule has 0 fully saturated rings. The summed E-state index contributed by atoms with van der Waals surface area (Å²) in [5.74, 6) is 1.85. The van der Waals surface area contributed by atoms with Gasteiger partial charge in [0.15, 0.2) is 0 Å². The lowest BCUT2D eigenvalue weighted by atomic mass is 9.69. The molecule has 5 aliphatic carbocycles. The predicted molar refractivity (Wildman–Crippen MR) is 475 cm³/mol. The summed E-state index contributed by atoms with van der Waals surface area (Å²) >= 11 is 0. The van der Waals surface area contributed by atoms with Crippen molar-refractivity contribution in [3.63, 3.8) is 0 Å². The maximum absolute atomic E-state index is 7.42. The van der Waals surface area contributed by atoms with Crippen molar-refractivity contribution < 1.29 is 13.3 Å². The molecule has 0 saturated carbocycles. The van der Waals surface area contributed by atoms with E-state index in [0.717, 1.165) is 134 Å². The highest BCUT2D eigenvalue weighted by Gasteiger charge is 2.57. The van der Waals surface area contributed by atoms with Crippen molar-refractivity contribution in [1.29, 1.82) is 0 Å². The Labute approximate surface area is 671 Å². The van der Waals surface area contributed by atoms with Crippen LogP contribution in [-0.2, 0) is 16.2 Å². The summed E-state index contributed by atoms with van der Waals surface area (Å²) in [6.45, 7) is 4.73. The Morgan fingerprint density at radius 3 is 1.35 bits per heavy atom. The van der Waals surface area contributed by atoms with E-state index in [1.807, 2.05) is 0 Å². The average molecular weight is 1480 g/mol.